The van der Waals surface area contributed by atoms with Gasteiger partial charge in [-0.15, -0.1) is 0 Å². The van der Waals surface area contributed by atoms with Crippen molar-refractivity contribution in [1.82, 2.24) is 0 Å². The minimum atomic E-state index is -0.371. The summed E-state index contributed by atoms with van der Waals surface area (Å²) in [4.78, 5) is 28.8. The molecule has 1 saturated heterocycles. The zero-order valence-corrected chi connectivity index (χ0v) is 20.1. The molecule has 0 spiro atoms. The second-order valence-electron chi connectivity index (χ2n) is 9.76. The van der Waals surface area contributed by atoms with E-state index in [9.17, 15) is 9.59 Å². The molecule has 0 unspecified atom stereocenters. The molecular weight excluding hydrogens is 434 g/mol. The van der Waals surface area contributed by atoms with E-state index >= 15 is 0 Å². The summed E-state index contributed by atoms with van der Waals surface area (Å²) in [5.41, 5.74) is 7.57. The number of fused-ring (bicyclic) bond motifs is 5. The number of amides is 2. The summed E-state index contributed by atoms with van der Waals surface area (Å²) in [7, 11) is 1.58. The van der Waals surface area contributed by atoms with Crippen molar-refractivity contribution < 1.29 is 14.3 Å². The Balaban J connectivity index is 1.47. The van der Waals surface area contributed by atoms with Gasteiger partial charge in [0.25, 0.3) is 0 Å². The van der Waals surface area contributed by atoms with Crippen molar-refractivity contribution >= 4 is 23.1 Å². The van der Waals surface area contributed by atoms with Gasteiger partial charge in [-0.2, -0.15) is 0 Å². The number of hydrogen-bond acceptors (Lipinski definition) is 3. The van der Waals surface area contributed by atoms with Crippen LogP contribution in [0.3, 0.4) is 0 Å². The monoisotopic (exact) mass is 461 g/mol. The molecule has 2 amide bonds. The van der Waals surface area contributed by atoms with Crippen LogP contribution in [0.2, 0.25) is 0 Å². The van der Waals surface area contributed by atoms with Gasteiger partial charge in [0.1, 0.15) is 5.75 Å². The third-order valence-corrected chi connectivity index (χ3v) is 7.70. The number of hydrogen-bond donors (Lipinski definition) is 0. The summed E-state index contributed by atoms with van der Waals surface area (Å²) < 4.78 is 5.33. The lowest BCUT2D eigenvalue weighted by atomic mass is 9.85. The Morgan fingerprint density at radius 2 is 1.26 bits per heavy atom. The molecule has 4 heteroatoms. The van der Waals surface area contributed by atoms with Crippen molar-refractivity contribution in [3.63, 3.8) is 0 Å². The van der Waals surface area contributed by atoms with Gasteiger partial charge < -0.3 is 4.74 Å². The smallest absolute Gasteiger partial charge is 0.238 e. The highest BCUT2D eigenvalue weighted by molar-refractivity contribution is 6.23. The van der Waals surface area contributed by atoms with Crippen LogP contribution in [0.5, 0.6) is 5.75 Å². The molecule has 0 radical (unpaired) electrons. The lowest BCUT2D eigenvalue weighted by Gasteiger charge is -2.22. The van der Waals surface area contributed by atoms with Gasteiger partial charge >= 0.3 is 0 Å². The normalized spacial score (nSPS) is 24.3. The Morgan fingerprint density at radius 1 is 0.743 bits per heavy atom. The first-order valence-corrected chi connectivity index (χ1v) is 12.1. The van der Waals surface area contributed by atoms with Crippen molar-refractivity contribution in [1.29, 1.82) is 0 Å². The van der Waals surface area contributed by atoms with Gasteiger partial charge in [0, 0.05) is 17.9 Å². The predicted molar refractivity (Wildman–Crippen MR) is 137 cm³/mol. The van der Waals surface area contributed by atoms with Crippen molar-refractivity contribution in [2.45, 2.75) is 13.8 Å². The van der Waals surface area contributed by atoms with Crippen LogP contribution in [0.1, 0.15) is 22.3 Å². The number of aryl methyl sites for hydroxylation is 2. The van der Waals surface area contributed by atoms with Crippen LogP contribution in [-0.2, 0) is 9.59 Å². The number of carbonyl (C=O) groups is 2. The molecular formula is C31H27NO3. The van der Waals surface area contributed by atoms with Gasteiger partial charge in [0.2, 0.25) is 11.8 Å². The number of imide groups is 1. The van der Waals surface area contributed by atoms with Crippen LogP contribution < -0.4 is 9.64 Å². The maximum absolute atomic E-state index is 13.7. The molecule has 1 heterocycles. The summed E-state index contributed by atoms with van der Waals surface area (Å²) in [6.07, 6.45) is 4.29. The predicted octanol–water partition coefficient (Wildman–Crippen LogP) is 5.74. The van der Waals surface area contributed by atoms with Gasteiger partial charge in [-0.05, 0) is 48.3 Å². The van der Waals surface area contributed by atoms with Crippen molar-refractivity contribution in [2.24, 2.45) is 23.7 Å². The van der Waals surface area contributed by atoms with Crippen LogP contribution >= 0.6 is 0 Å². The lowest BCUT2D eigenvalue weighted by molar-refractivity contribution is -0.122. The first-order valence-electron chi connectivity index (χ1n) is 12.1. The summed E-state index contributed by atoms with van der Waals surface area (Å²) in [5.74, 6) is -0.522. The summed E-state index contributed by atoms with van der Waals surface area (Å²) >= 11 is 0. The molecule has 2 fully saturated rings. The van der Waals surface area contributed by atoms with Crippen molar-refractivity contribution in [3.8, 4) is 5.75 Å². The number of anilines is 1. The SMILES string of the molecule is COc1cccc(N2C(=O)[C@@H]3[C@@H](C2=O)[C@H]2C=C[C@H]3C2=C(c2ccc(C)cc2)c2ccc(C)cc2)c1. The number of carbonyl (C=O) groups excluding carboxylic acids is 2. The summed E-state index contributed by atoms with van der Waals surface area (Å²) in [5, 5.41) is 0. The van der Waals surface area contributed by atoms with Crippen LogP contribution in [0, 0.1) is 37.5 Å². The van der Waals surface area contributed by atoms with Gasteiger partial charge in [0.05, 0.1) is 24.6 Å². The molecule has 2 bridgehead atoms. The van der Waals surface area contributed by atoms with E-state index in [2.05, 4.69) is 74.5 Å². The standard InChI is InChI=1S/C31H27NO3/c1-18-7-11-20(12-8-18)26(21-13-9-19(2)10-14-21)27-24-15-16-25(27)29-28(24)30(33)32(31(29)34)22-5-4-6-23(17-22)35-3/h4-17,24-25,28-29H,1-3H3/t24-,25-,28-,29-/m0/s1. The van der Waals surface area contributed by atoms with Gasteiger partial charge in [-0.25, -0.2) is 4.90 Å². The molecule has 0 aromatic heterocycles. The number of methoxy groups -OCH3 is 1. The van der Waals surface area contributed by atoms with E-state index in [1.54, 1.807) is 19.2 Å². The van der Waals surface area contributed by atoms with Crippen LogP contribution in [0.4, 0.5) is 5.69 Å². The molecule has 3 aromatic rings. The minimum Gasteiger partial charge on any atom is -0.497 e. The highest BCUT2D eigenvalue weighted by Crippen LogP contribution is 2.59. The average molecular weight is 462 g/mol. The van der Waals surface area contributed by atoms with Gasteiger partial charge in [-0.1, -0.05) is 77.9 Å². The minimum absolute atomic E-state index is 0.0883. The summed E-state index contributed by atoms with van der Waals surface area (Å²) in [6, 6.07) is 24.3. The number of ether oxygens (including phenoxy) is 1. The van der Waals surface area contributed by atoms with E-state index in [1.165, 1.54) is 21.6 Å². The molecule has 3 aliphatic rings. The zero-order valence-electron chi connectivity index (χ0n) is 20.1. The number of nitrogens with zero attached hydrogens (tertiary/aromatic N) is 1. The van der Waals surface area contributed by atoms with E-state index in [0.29, 0.717) is 11.4 Å². The Bertz CT molecular complexity index is 1320. The Kier molecular flexibility index (Phi) is 4.99. The molecule has 0 N–H and O–H groups in total. The first kappa shape index (κ1) is 21.6. The fourth-order valence-corrected chi connectivity index (χ4v) is 6.04. The Hall–Kier alpha value is -3.92. The second-order valence-corrected chi connectivity index (χ2v) is 9.76. The van der Waals surface area contributed by atoms with Gasteiger partial charge in [0.15, 0.2) is 0 Å². The van der Waals surface area contributed by atoms with E-state index in [0.717, 1.165) is 16.7 Å². The van der Waals surface area contributed by atoms with Crippen molar-refractivity contribution in [3.05, 3.63) is 113 Å². The number of allylic oxidation sites excluding steroid dienone is 3. The zero-order chi connectivity index (χ0) is 24.3. The maximum atomic E-state index is 13.7. The number of rotatable bonds is 4. The quantitative estimate of drug-likeness (QED) is 0.368. The van der Waals surface area contributed by atoms with Crippen LogP contribution in [0.25, 0.3) is 5.57 Å². The molecule has 6 rings (SSSR count). The second kappa shape index (κ2) is 8.09. The summed E-state index contributed by atoms with van der Waals surface area (Å²) in [6.45, 7) is 4.16. The highest BCUT2D eigenvalue weighted by Gasteiger charge is 2.62. The van der Waals surface area contributed by atoms with Crippen LogP contribution in [-0.4, -0.2) is 18.9 Å². The third-order valence-electron chi connectivity index (χ3n) is 7.70. The Labute approximate surface area is 205 Å². The van der Waals surface area contributed by atoms with Crippen LogP contribution in [0.15, 0.2) is 90.5 Å². The number of benzene rings is 3. The van der Waals surface area contributed by atoms with E-state index in [4.69, 9.17) is 4.74 Å². The molecule has 174 valence electrons. The lowest BCUT2D eigenvalue weighted by Crippen LogP contribution is -2.33. The molecule has 2 aliphatic carbocycles. The highest BCUT2D eigenvalue weighted by atomic mass is 16.5. The average Bonchev–Trinajstić information content (AvgIpc) is 3.50. The maximum Gasteiger partial charge on any atom is 0.238 e. The molecule has 1 saturated carbocycles. The van der Waals surface area contributed by atoms with E-state index in [1.807, 2.05) is 12.1 Å². The van der Waals surface area contributed by atoms with Gasteiger partial charge in [-0.3, -0.25) is 9.59 Å². The molecule has 1 aliphatic heterocycles. The fourth-order valence-electron chi connectivity index (χ4n) is 6.04. The molecule has 4 atom stereocenters. The van der Waals surface area contributed by atoms with E-state index < -0.39 is 0 Å². The molecule has 35 heavy (non-hydrogen) atoms. The fraction of sp³-hybridized carbons (Fsp3) is 0.226. The molecule has 3 aromatic carbocycles. The topological polar surface area (TPSA) is 46.6 Å². The first-order chi connectivity index (χ1) is 17.0. The van der Waals surface area contributed by atoms with Crippen molar-refractivity contribution in [2.75, 3.05) is 12.0 Å². The molecule has 4 nitrogen and oxygen atoms in total. The largest absolute Gasteiger partial charge is 0.497 e. The van der Waals surface area contributed by atoms with E-state index in [-0.39, 0.29) is 35.5 Å². The Morgan fingerprint density at radius 3 is 1.74 bits per heavy atom. The third kappa shape index (κ3) is 3.28.